The summed E-state index contributed by atoms with van der Waals surface area (Å²) < 4.78 is 0. The summed E-state index contributed by atoms with van der Waals surface area (Å²) in [4.78, 5) is 29.7. The van der Waals surface area contributed by atoms with E-state index in [1.54, 1.807) is 14.7 Å². The second-order valence-electron chi connectivity index (χ2n) is 5.60. The van der Waals surface area contributed by atoms with E-state index in [0.29, 0.717) is 39.3 Å². The van der Waals surface area contributed by atoms with Crippen molar-refractivity contribution < 1.29 is 24.9 Å². The number of rotatable bonds is 3. The van der Waals surface area contributed by atoms with E-state index in [-0.39, 0.29) is 17.5 Å². The van der Waals surface area contributed by atoms with Crippen molar-refractivity contribution in [2.75, 3.05) is 39.3 Å². The van der Waals surface area contributed by atoms with E-state index in [2.05, 4.69) is 0 Å². The fourth-order valence-electron chi connectivity index (χ4n) is 2.71. The fraction of sp³-hybridized carbons (Fsp3) is 0.500. The number of phenols is 3. The van der Waals surface area contributed by atoms with E-state index in [4.69, 9.17) is 0 Å². The van der Waals surface area contributed by atoms with E-state index >= 15 is 0 Å². The van der Waals surface area contributed by atoms with Crippen molar-refractivity contribution >= 4 is 11.9 Å². The van der Waals surface area contributed by atoms with Crippen LogP contribution in [0.4, 0.5) is 4.79 Å². The van der Waals surface area contributed by atoms with Gasteiger partial charge in [-0.15, -0.1) is 0 Å². The Morgan fingerprint density at radius 3 is 1.88 bits per heavy atom. The summed E-state index contributed by atoms with van der Waals surface area (Å²) in [5.74, 6) is -2.11. The molecule has 1 fully saturated rings. The Morgan fingerprint density at radius 1 is 0.958 bits per heavy atom. The number of amides is 3. The van der Waals surface area contributed by atoms with E-state index in [1.807, 2.05) is 13.8 Å². The molecule has 3 N–H and O–H groups in total. The van der Waals surface area contributed by atoms with Crippen molar-refractivity contribution in [2.24, 2.45) is 0 Å². The van der Waals surface area contributed by atoms with Gasteiger partial charge in [-0.3, -0.25) is 4.79 Å². The normalized spacial score (nSPS) is 14.6. The molecule has 0 spiro atoms. The molecular formula is C16H23N3O5. The van der Waals surface area contributed by atoms with Crippen LogP contribution in [0.3, 0.4) is 0 Å². The molecule has 0 saturated carbocycles. The largest absolute Gasteiger partial charge is 0.504 e. The lowest BCUT2D eigenvalue weighted by molar-refractivity contribution is 0.0640. The van der Waals surface area contributed by atoms with Gasteiger partial charge < -0.3 is 30.0 Å². The number of carbonyl (C=O) groups is 2. The summed E-state index contributed by atoms with van der Waals surface area (Å²) in [6.07, 6.45) is 0. The molecule has 1 heterocycles. The van der Waals surface area contributed by atoms with Crippen molar-refractivity contribution in [3.63, 3.8) is 0 Å². The Balaban J connectivity index is 2.02. The van der Waals surface area contributed by atoms with Crippen LogP contribution in [0.1, 0.15) is 24.2 Å². The number of piperazine rings is 1. The second kappa shape index (κ2) is 7.29. The second-order valence-corrected chi connectivity index (χ2v) is 5.60. The average Bonchev–Trinajstić information content (AvgIpc) is 2.59. The first-order chi connectivity index (χ1) is 11.4. The van der Waals surface area contributed by atoms with Crippen LogP contribution >= 0.6 is 0 Å². The Kier molecular flexibility index (Phi) is 5.38. The van der Waals surface area contributed by atoms with Gasteiger partial charge >= 0.3 is 6.03 Å². The Labute approximate surface area is 140 Å². The Morgan fingerprint density at radius 2 is 1.42 bits per heavy atom. The molecule has 0 bridgehead atoms. The highest BCUT2D eigenvalue weighted by molar-refractivity contribution is 5.95. The van der Waals surface area contributed by atoms with Crippen LogP contribution < -0.4 is 0 Å². The highest BCUT2D eigenvalue weighted by Gasteiger charge is 2.27. The molecule has 8 nitrogen and oxygen atoms in total. The zero-order valence-electron chi connectivity index (χ0n) is 13.9. The van der Waals surface area contributed by atoms with Gasteiger partial charge in [0.2, 0.25) is 0 Å². The van der Waals surface area contributed by atoms with Crippen LogP contribution in [0.2, 0.25) is 0 Å². The van der Waals surface area contributed by atoms with Crippen molar-refractivity contribution in [2.45, 2.75) is 13.8 Å². The standard InChI is InChI=1S/C16H23N3O5/c1-3-17(4-2)16(24)19-7-5-18(6-8-19)15(23)11-9-12(20)14(22)13(21)10-11/h9-10,20-22H,3-8H2,1-2H3. The SMILES string of the molecule is CCN(CC)C(=O)N1CCN(C(=O)c2cc(O)c(O)c(O)c2)CC1. The number of nitrogens with zero attached hydrogens (tertiary/aromatic N) is 3. The third kappa shape index (κ3) is 3.47. The molecule has 1 aliphatic heterocycles. The van der Waals surface area contributed by atoms with Gasteiger partial charge in [-0.1, -0.05) is 0 Å². The molecule has 1 saturated heterocycles. The van der Waals surface area contributed by atoms with Gasteiger partial charge in [-0.25, -0.2) is 4.79 Å². The molecule has 24 heavy (non-hydrogen) atoms. The molecule has 1 aliphatic rings. The maximum Gasteiger partial charge on any atom is 0.320 e. The summed E-state index contributed by atoms with van der Waals surface area (Å²) in [7, 11) is 0. The molecule has 0 radical (unpaired) electrons. The first kappa shape index (κ1) is 17.7. The average molecular weight is 337 g/mol. The molecule has 8 heteroatoms. The van der Waals surface area contributed by atoms with Crippen LogP contribution in [0.25, 0.3) is 0 Å². The van der Waals surface area contributed by atoms with Crippen LogP contribution in [-0.4, -0.2) is 81.2 Å². The van der Waals surface area contributed by atoms with Crippen molar-refractivity contribution in [3.8, 4) is 17.2 Å². The van der Waals surface area contributed by atoms with Crippen molar-refractivity contribution in [1.82, 2.24) is 14.7 Å². The molecule has 0 atom stereocenters. The lowest BCUT2D eigenvalue weighted by Crippen LogP contribution is -2.54. The van der Waals surface area contributed by atoms with E-state index in [9.17, 15) is 24.9 Å². The monoisotopic (exact) mass is 337 g/mol. The molecule has 2 rings (SSSR count). The number of phenolic OH excluding ortho intramolecular Hbond substituents is 3. The smallest absolute Gasteiger partial charge is 0.320 e. The number of carbonyl (C=O) groups excluding carboxylic acids is 2. The van der Waals surface area contributed by atoms with Gasteiger partial charge in [0.25, 0.3) is 5.91 Å². The third-order valence-corrected chi connectivity index (χ3v) is 4.19. The van der Waals surface area contributed by atoms with Gasteiger partial charge in [0.05, 0.1) is 0 Å². The van der Waals surface area contributed by atoms with Crippen LogP contribution in [-0.2, 0) is 0 Å². The molecule has 0 aromatic heterocycles. The Hall–Kier alpha value is -2.64. The van der Waals surface area contributed by atoms with Crippen molar-refractivity contribution in [1.29, 1.82) is 0 Å². The van der Waals surface area contributed by atoms with E-state index in [0.717, 1.165) is 12.1 Å². The fourth-order valence-corrected chi connectivity index (χ4v) is 2.71. The zero-order valence-corrected chi connectivity index (χ0v) is 13.9. The molecule has 0 unspecified atom stereocenters. The number of benzene rings is 1. The first-order valence-electron chi connectivity index (χ1n) is 7.97. The highest BCUT2D eigenvalue weighted by atomic mass is 16.3. The van der Waals surface area contributed by atoms with Gasteiger partial charge in [0, 0.05) is 44.8 Å². The van der Waals surface area contributed by atoms with Gasteiger partial charge in [-0.2, -0.15) is 0 Å². The number of aromatic hydroxyl groups is 3. The molecule has 0 aliphatic carbocycles. The zero-order chi connectivity index (χ0) is 17.9. The van der Waals surface area contributed by atoms with E-state index in [1.165, 1.54) is 0 Å². The van der Waals surface area contributed by atoms with Gasteiger partial charge in [-0.05, 0) is 26.0 Å². The van der Waals surface area contributed by atoms with E-state index < -0.39 is 17.2 Å². The minimum Gasteiger partial charge on any atom is -0.504 e. The Bertz CT molecular complexity index is 599. The number of hydrogen-bond donors (Lipinski definition) is 3. The maximum absolute atomic E-state index is 12.4. The van der Waals surface area contributed by atoms with Gasteiger partial charge in [0.15, 0.2) is 17.2 Å². The predicted molar refractivity (Wildman–Crippen MR) is 87.2 cm³/mol. The molecular weight excluding hydrogens is 314 g/mol. The van der Waals surface area contributed by atoms with Crippen LogP contribution in [0, 0.1) is 0 Å². The maximum atomic E-state index is 12.4. The summed E-state index contributed by atoms with van der Waals surface area (Å²) in [5.41, 5.74) is 0.0892. The summed E-state index contributed by atoms with van der Waals surface area (Å²) in [5, 5.41) is 28.4. The highest BCUT2D eigenvalue weighted by Crippen LogP contribution is 2.35. The lowest BCUT2D eigenvalue weighted by atomic mass is 10.1. The van der Waals surface area contributed by atoms with Crippen LogP contribution in [0.15, 0.2) is 12.1 Å². The van der Waals surface area contributed by atoms with Crippen LogP contribution in [0.5, 0.6) is 17.2 Å². The minimum absolute atomic E-state index is 0.0352. The molecule has 132 valence electrons. The topological polar surface area (TPSA) is 105 Å². The van der Waals surface area contributed by atoms with Crippen molar-refractivity contribution in [3.05, 3.63) is 17.7 Å². The number of urea groups is 1. The third-order valence-electron chi connectivity index (χ3n) is 4.19. The molecule has 3 amide bonds. The predicted octanol–water partition coefficient (Wildman–Crippen LogP) is 1.02. The minimum atomic E-state index is -0.652. The number of hydrogen-bond acceptors (Lipinski definition) is 5. The first-order valence-corrected chi connectivity index (χ1v) is 7.97. The quantitative estimate of drug-likeness (QED) is 0.715. The molecule has 1 aromatic rings. The summed E-state index contributed by atoms with van der Waals surface area (Å²) in [6, 6.07) is 2.20. The summed E-state index contributed by atoms with van der Waals surface area (Å²) in [6.45, 7) is 6.72. The van der Waals surface area contributed by atoms with Gasteiger partial charge in [0.1, 0.15) is 0 Å². The lowest BCUT2D eigenvalue weighted by Gasteiger charge is -2.37. The summed E-state index contributed by atoms with van der Waals surface area (Å²) >= 11 is 0. The molecule has 1 aromatic carbocycles.